The van der Waals surface area contributed by atoms with E-state index in [4.69, 9.17) is 9.84 Å². The molecule has 1 aromatic carbocycles. The van der Waals surface area contributed by atoms with Crippen molar-refractivity contribution >= 4 is 17.3 Å². The zero-order valence-electron chi connectivity index (χ0n) is 16.6. The highest BCUT2D eigenvalue weighted by molar-refractivity contribution is 5.69. The van der Waals surface area contributed by atoms with Crippen LogP contribution in [0, 0.1) is 0 Å². The summed E-state index contributed by atoms with van der Waals surface area (Å²) in [6.45, 7) is 5.53. The minimum absolute atomic E-state index is 0.0536. The number of piperazine rings is 1. The zero-order chi connectivity index (χ0) is 20.1. The van der Waals surface area contributed by atoms with E-state index in [9.17, 15) is 4.79 Å². The van der Waals surface area contributed by atoms with Crippen molar-refractivity contribution in [3.63, 3.8) is 0 Å². The van der Waals surface area contributed by atoms with Gasteiger partial charge in [0.15, 0.2) is 0 Å². The molecule has 2 saturated heterocycles. The van der Waals surface area contributed by atoms with Gasteiger partial charge in [0, 0.05) is 56.5 Å². The molecule has 2 aliphatic rings. The molecule has 29 heavy (non-hydrogen) atoms. The third-order valence-electron chi connectivity index (χ3n) is 5.63. The molecule has 0 saturated carbocycles. The summed E-state index contributed by atoms with van der Waals surface area (Å²) in [6.07, 6.45) is 5.67. The molecule has 0 bridgehead atoms. The molecule has 0 spiro atoms. The second-order valence-corrected chi connectivity index (χ2v) is 7.68. The number of aliphatic carboxylic acids is 1. The first kappa shape index (κ1) is 19.5. The number of ether oxygens (including phenoxy) is 1. The number of hydrogen-bond acceptors (Lipinski definition) is 6. The fourth-order valence-electron chi connectivity index (χ4n) is 4.15. The summed E-state index contributed by atoms with van der Waals surface area (Å²) in [7, 11) is 0. The van der Waals surface area contributed by atoms with Crippen LogP contribution in [0.3, 0.4) is 0 Å². The van der Waals surface area contributed by atoms with Gasteiger partial charge in [0.1, 0.15) is 11.9 Å². The van der Waals surface area contributed by atoms with Gasteiger partial charge in [-0.2, -0.15) is 0 Å². The van der Waals surface area contributed by atoms with Crippen LogP contribution in [0.1, 0.15) is 12.8 Å². The number of nitrogens with zero attached hydrogens (tertiary/aromatic N) is 4. The van der Waals surface area contributed by atoms with Gasteiger partial charge in [-0.3, -0.25) is 14.7 Å². The van der Waals surface area contributed by atoms with E-state index in [2.05, 4.69) is 39.0 Å². The highest BCUT2D eigenvalue weighted by atomic mass is 16.5. The molecular weight excluding hydrogens is 368 g/mol. The van der Waals surface area contributed by atoms with Crippen LogP contribution in [0.25, 0.3) is 0 Å². The van der Waals surface area contributed by atoms with Crippen LogP contribution in [-0.2, 0) is 4.79 Å². The van der Waals surface area contributed by atoms with Crippen LogP contribution >= 0.6 is 0 Å². The van der Waals surface area contributed by atoms with Gasteiger partial charge in [-0.25, -0.2) is 0 Å². The van der Waals surface area contributed by atoms with Crippen LogP contribution < -0.4 is 14.5 Å². The molecule has 1 unspecified atom stereocenters. The zero-order valence-corrected chi connectivity index (χ0v) is 16.6. The van der Waals surface area contributed by atoms with Crippen molar-refractivity contribution in [2.45, 2.75) is 18.9 Å². The van der Waals surface area contributed by atoms with Gasteiger partial charge in [0.2, 0.25) is 0 Å². The summed E-state index contributed by atoms with van der Waals surface area (Å²) in [5, 5.41) is 8.98. The van der Waals surface area contributed by atoms with Gasteiger partial charge >= 0.3 is 5.97 Å². The van der Waals surface area contributed by atoms with E-state index in [-0.39, 0.29) is 12.6 Å². The van der Waals surface area contributed by atoms with E-state index in [1.807, 2.05) is 29.4 Å². The Hall–Kier alpha value is -2.80. The number of anilines is 2. The van der Waals surface area contributed by atoms with Crippen molar-refractivity contribution in [1.82, 2.24) is 9.88 Å². The molecule has 0 amide bonds. The normalized spacial score (nSPS) is 20.5. The summed E-state index contributed by atoms with van der Waals surface area (Å²) < 4.78 is 6.12. The number of carbonyl (C=O) groups is 1. The van der Waals surface area contributed by atoms with E-state index in [0.717, 1.165) is 51.3 Å². The van der Waals surface area contributed by atoms with Crippen molar-refractivity contribution in [3.8, 4) is 5.75 Å². The van der Waals surface area contributed by atoms with E-state index >= 15 is 0 Å². The van der Waals surface area contributed by atoms with Crippen LogP contribution in [-0.4, -0.2) is 72.9 Å². The van der Waals surface area contributed by atoms with Crippen LogP contribution in [0.15, 0.2) is 48.8 Å². The van der Waals surface area contributed by atoms with Crippen molar-refractivity contribution in [1.29, 1.82) is 0 Å². The highest BCUT2D eigenvalue weighted by Gasteiger charge is 2.23. The van der Waals surface area contributed by atoms with Gasteiger partial charge in [0.05, 0.1) is 6.54 Å². The molecule has 1 atom stereocenters. The Kier molecular flexibility index (Phi) is 6.14. The van der Waals surface area contributed by atoms with Crippen molar-refractivity contribution in [2.75, 3.05) is 55.6 Å². The fourth-order valence-corrected chi connectivity index (χ4v) is 4.15. The summed E-state index contributed by atoms with van der Waals surface area (Å²) in [6, 6.07) is 12.4. The molecular formula is C22H28N4O3. The van der Waals surface area contributed by atoms with Gasteiger partial charge in [0.25, 0.3) is 0 Å². The van der Waals surface area contributed by atoms with Crippen LogP contribution in [0.4, 0.5) is 11.4 Å². The van der Waals surface area contributed by atoms with Gasteiger partial charge < -0.3 is 19.6 Å². The molecule has 2 aliphatic heterocycles. The number of carboxylic acids is 1. The number of piperidine rings is 1. The fraction of sp³-hybridized carbons (Fsp3) is 0.455. The first-order valence-electron chi connectivity index (χ1n) is 10.3. The molecule has 4 rings (SSSR count). The Morgan fingerprint density at radius 2 is 1.59 bits per heavy atom. The average molecular weight is 396 g/mol. The third kappa shape index (κ3) is 5.17. The number of hydrogen-bond donors (Lipinski definition) is 1. The minimum Gasteiger partial charge on any atom is -0.489 e. The molecule has 7 heteroatoms. The standard InChI is InChI=1S/C22H28N4O3/c27-22(28)17-24-11-1-2-21(16-24)29-20-5-3-18(4-6-20)25-12-14-26(15-13-25)19-7-9-23-10-8-19/h3-10,21H,1-2,11-17H2,(H,27,28). The second kappa shape index (κ2) is 9.13. The quantitative estimate of drug-likeness (QED) is 0.804. The Morgan fingerprint density at radius 1 is 0.966 bits per heavy atom. The maximum atomic E-state index is 10.9. The van der Waals surface area contributed by atoms with Crippen LogP contribution in [0.5, 0.6) is 5.75 Å². The molecule has 1 aromatic heterocycles. The predicted octanol–water partition coefficient (Wildman–Crippen LogP) is 2.34. The van der Waals surface area contributed by atoms with Gasteiger partial charge in [-0.1, -0.05) is 0 Å². The Labute approximate surface area is 171 Å². The predicted molar refractivity (Wildman–Crippen MR) is 113 cm³/mol. The van der Waals surface area contributed by atoms with Crippen molar-refractivity contribution in [2.24, 2.45) is 0 Å². The highest BCUT2D eigenvalue weighted by Crippen LogP contribution is 2.24. The maximum absolute atomic E-state index is 10.9. The number of pyridine rings is 1. The number of aromatic nitrogens is 1. The number of likely N-dealkylation sites (tertiary alicyclic amines) is 1. The minimum atomic E-state index is -0.779. The average Bonchev–Trinajstić information content (AvgIpc) is 2.75. The smallest absolute Gasteiger partial charge is 0.317 e. The molecule has 3 heterocycles. The second-order valence-electron chi connectivity index (χ2n) is 7.68. The molecule has 0 aliphatic carbocycles. The molecule has 2 fully saturated rings. The first-order valence-corrected chi connectivity index (χ1v) is 10.3. The van der Waals surface area contributed by atoms with Crippen molar-refractivity contribution in [3.05, 3.63) is 48.8 Å². The lowest BCUT2D eigenvalue weighted by Crippen LogP contribution is -2.46. The molecule has 154 valence electrons. The Morgan fingerprint density at radius 3 is 2.21 bits per heavy atom. The van der Waals surface area contributed by atoms with Gasteiger partial charge in [-0.15, -0.1) is 0 Å². The third-order valence-corrected chi connectivity index (χ3v) is 5.63. The largest absolute Gasteiger partial charge is 0.489 e. The molecule has 2 aromatic rings. The maximum Gasteiger partial charge on any atom is 0.317 e. The number of carboxylic acid groups (broad SMARTS) is 1. The topological polar surface area (TPSA) is 69.1 Å². The molecule has 7 nitrogen and oxygen atoms in total. The van der Waals surface area contributed by atoms with Gasteiger partial charge in [-0.05, 0) is 55.8 Å². The summed E-state index contributed by atoms with van der Waals surface area (Å²) >= 11 is 0. The summed E-state index contributed by atoms with van der Waals surface area (Å²) in [5.74, 6) is 0.0744. The molecule has 1 N–H and O–H groups in total. The number of benzene rings is 1. The Bertz CT molecular complexity index is 791. The molecule has 0 radical (unpaired) electrons. The van der Waals surface area contributed by atoms with Crippen molar-refractivity contribution < 1.29 is 14.6 Å². The first-order chi connectivity index (χ1) is 14.2. The lowest BCUT2D eigenvalue weighted by Gasteiger charge is -2.37. The van der Waals surface area contributed by atoms with E-state index in [1.165, 1.54) is 11.4 Å². The van der Waals surface area contributed by atoms with E-state index in [0.29, 0.717) is 6.54 Å². The monoisotopic (exact) mass is 396 g/mol. The van der Waals surface area contributed by atoms with E-state index in [1.54, 1.807) is 0 Å². The Balaban J connectivity index is 1.29. The van der Waals surface area contributed by atoms with E-state index < -0.39 is 5.97 Å². The lowest BCUT2D eigenvalue weighted by molar-refractivity contribution is -0.138. The lowest BCUT2D eigenvalue weighted by atomic mass is 10.1. The SMILES string of the molecule is O=C(O)CN1CCCC(Oc2ccc(N3CCN(c4ccncc4)CC3)cc2)C1. The summed E-state index contributed by atoms with van der Waals surface area (Å²) in [5.41, 5.74) is 2.44. The summed E-state index contributed by atoms with van der Waals surface area (Å²) in [4.78, 5) is 21.8. The van der Waals surface area contributed by atoms with Crippen LogP contribution in [0.2, 0.25) is 0 Å². The number of rotatable bonds is 6.